The molecule has 1 N–H and O–H groups in total. The quantitative estimate of drug-likeness (QED) is 0.612. The Balaban J connectivity index is 1.69. The number of hydrogen-bond donors (Lipinski definition) is 1. The zero-order valence-corrected chi connectivity index (χ0v) is 16.0. The second-order valence-electron chi connectivity index (χ2n) is 6.86. The maximum Gasteiger partial charge on any atom is 0.161 e. The topological polar surface area (TPSA) is 30.5 Å². The summed E-state index contributed by atoms with van der Waals surface area (Å²) >= 11 is 0. The summed E-state index contributed by atoms with van der Waals surface area (Å²) in [5, 5.41) is 6.14. The number of ether oxygens (including phenoxy) is 2. The van der Waals surface area contributed by atoms with Crippen LogP contribution >= 0.6 is 0 Å². The lowest BCUT2D eigenvalue weighted by atomic mass is 10.0. The van der Waals surface area contributed by atoms with Crippen LogP contribution in [0.5, 0.6) is 11.5 Å². The molecule has 26 heavy (non-hydrogen) atoms. The van der Waals surface area contributed by atoms with Crippen molar-refractivity contribution in [3.05, 3.63) is 71.8 Å². The first-order valence-corrected chi connectivity index (χ1v) is 9.12. The summed E-state index contributed by atoms with van der Waals surface area (Å²) in [6.07, 6.45) is 0.126. The molecule has 3 heteroatoms. The van der Waals surface area contributed by atoms with Gasteiger partial charge >= 0.3 is 0 Å². The Kier molecular flexibility index (Phi) is 5.79. The smallest absolute Gasteiger partial charge is 0.161 e. The van der Waals surface area contributed by atoms with Crippen molar-refractivity contribution < 1.29 is 9.47 Å². The third-order valence-corrected chi connectivity index (χ3v) is 4.48. The Morgan fingerprint density at radius 2 is 1.62 bits per heavy atom. The summed E-state index contributed by atoms with van der Waals surface area (Å²) in [6, 6.07) is 21.5. The molecule has 0 aliphatic heterocycles. The number of nitrogens with one attached hydrogen (secondary N) is 1. The van der Waals surface area contributed by atoms with Crippen molar-refractivity contribution in [1.29, 1.82) is 0 Å². The van der Waals surface area contributed by atoms with Gasteiger partial charge in [0, 0.05) is 12.6 Å². The van der Waals surface area contributed by atoms with Crippen molar-refractivity contribution in [3.63, 3.8) is 0 Å². The molecule has 0 bridgehead atoms. The Bertz CT molecular complexity index is 873. The van der Waals surface area contributed by atoms with Crippen LogP contribution in [0.4, 0.5) is 0 Å². The number of hydrogen-bond acceptors (Lipinski definition) is 3. The van der Waals surface area contributed by atoms with Crippen LogP contribution in [-0.2, 0) is 6.54 Å². The Morgan fingerprint density at radius 3 is 2.35 bits per heavy atom. The fraction of sp³-hybridized carbons (Fsp3) is 0.304. The van der Waals surface area contributed by atoms with Crippen LogP contribution in [0, 0.1) is 0 Å². The average Bonchev–Trinajstić information content (AvgIpc) is 2.66. The summed E-state index contributed by atoms with van der Waals surface area (Å²) in [5.41, 5.74) is 2.46. The van der Waals surface area contributed by atoms with Gasteiger partial charge in [-0.3, -0.25) is 0 Å². The van der Waals surface area contributed by atoms with Gasteiger partial charge < -0.3 is 14.8 Å². The molecule has 3 rings (SSSR count). The molecule has 136 valence electrons. The minimum Gasteiger partial charge on any atom is -0.493 e. The van der Waals surface area contributed by atoms with Crippen LogP contribution in [-0.4, -0.2) is 13.2 Å². The average molecular weight is 349 g/mol. The van der Waals surface area contributed by atoms with Crippen molar-refractivity contribution >= 4 is 10.8 Å². The molecule has 1 atom stereocenters. The fourth-order valence-electron chi connectivity index (χ4n) is 3.04. The lowest BCUT2D eigenvalue weighted by molar-refractivity contribution is 0.230. The van der Waals surface area contributed by atoms with E-state index in [1.165, 1.54) is 21.9 Å². The van der Waals surface area contributed by atoms with Gasteiger partial charge in [0.2, 0.25) is 0 Å². The van der Waals surface area contributed by atoms with Crippen molar-refractivity contribution in [3.8, 4) is 11.5 Å². The highest BCUT2D eigenvalue weighted by Gasteiger charge is 2.10. The molecule has 0 spiro atoms. The summed E-state index contributed by atoms with van der Waals surface area (Å²) in [5.74, 6) is 1.56. The molecule has 3 nitrogen and oxygen atoms in total. The Morgan fingerprint density at radius 1 is 0.846 bits per heavy atom. The van der Waals surface area contributed by atoms with E-state index in [0.717, 1.165) is 18.0 Å². The van der Waals surface area contributed by atoms with Gasteiger partial charge in [-0.2, -0.15) is 0 Å². The molecule has 0 saturated carbocycles. The summed E-state index contributed by atoms with van der Waals surface area (Å²) in [6.45, 7) is 6.99. The van der Waals surface area contributed by atoms with E-state index in [-0.39, 0.29) is 12.1 Å². The minimum atomic E-state index is 0.126. The van der Waals surface area contributed by atoms with Crippen molar-refractivity contribution in [2.75, 3.05) is 7.11 Å². The van der Waals surface area contributed by atoms with Gasteiger partial charge in [0.1, 0.15) is 0 Å². The maximum absolute atomic E-state index is 5.78. The predicted molar refractivity (Wildman–Crippen MR) is 108 cm³/mol. The van der Waals surface area contributed by atoms with Gasteiger partial charge in [0.15, 0.2) is 11.5 Å². The molecular formula is C23H27NO2. The van der Waals surface area contributed by atoms with Gasteiger partial charge in [-0.25, -0.2) is 0 Å². The van der Waals surface area contributed by atoms with Crippen molar-refractivity contribution in [1.82, 2.24) is 5.32 Å². The van der Waals surface area contributed by atoms with Crippen LogP contribution in [0.25, 0.3) is 10.8 Å². The van der Waals surface area contributed by atoms with Gasteiger partial charge in [-0.15, -0.1) is 0 Å². The second kappa shape index (κ2) is 8.24. The van der Waals surface area contributed by atoms with Crippen LogP contribution < -0.4 is 14.8 Å². The van der Waals surface area contributed by atoms with E-state index >= 15 is 0 Å². The molecule has 0 heterocycles. The lowest BCUT2D eigenvalue weighted by Crippen LogP contribution is -2.18. The van der Waals surface area contributed by atoms with Gasteiger partial charge in [0.05, 0.1) is 13.2 Å². The number of rotatable bonds is 7. The first-order chi connectivity index (χ1) is 12.6. The molecule has 0 aliphatic carbocycles. The largest absolute Gasteiger partial charge is 0.493 e. The number of benzene rings is 3. The van der Waals surface area contributed by atoms with Crippen LogP contribution in [0.3, 0.4) is 0 Å². The van der Waals surface area contributed by atoms with Crippen molar-refractivity contribution in [2.45, 2.75) is 39.5 Å². The second-order valence-corrected chi connectivity index (χ2v) is 6.86. The zero-order valence-electron chi connectivity index (χ0n) is 16.0. The molecule has 0 radical (unpaired) electrons. The molecular weight excluding hydrogens is 322 g/mol. The summed E-state index contributed by atoms with van der Waals surface area (Å²) in [4.78, 5) is 0. The van der Waals surface area contributed by atoms with E-state index in [1.807, 2.05) is 26.0 Å². The number of methoxy groups -OCH3 is 1. The van der Waals surface area contributed by atoms with E-state index in [2.05, 4.69) is 60.8 Å². The van der Waals surface area contributed by atoms with Crippen LogP contribution in [0.1, 0.15) is 37.9 Å². The third kappa shape index (κ3) is 4.36. The van der Waals surface area contributed by atoms with Gasteiger partial charge in [-0.1, -0.05) is 42.5 Å². The molecule has 3 aromatic carbocycles. The van der Waals surface area contributed by atoms with Gasteiger partial charge in [-0.05, 0) is 60.9 Å². The number of fused-ring (bicyclic) bond motifs is 1. The van der Waals surface area contributed by atoms with Gasteiger partial charge in [0.25, 0.3) is 0 Å². The van der Waals surface area contributed by atoms with Crippen molar-refractivity contribution in [2.24, 2.45) is 0 Å². The molecule has 0 aromatic heterocycles. The molecule has 0 amide bonds. The molecule has 0 fully saturated rings. The predicted octanol–water partition coefficient (Wildman–Crippen LogP) is 5.49. The fourth-order valence-corrected chi connectivity index (χ4v) is 3.04. The monoisotopic (exact) mass is 349 g/mol. The standard InChI is InChI=1S/C23H27NO2/c1-16(2)26-22-12-9-18(13-23(22)25-4)15-24-17(3)20-11-10-19-7-5-6-8-21(19)14-20/h5-14,16-17,24H,15H2,1-4H3. The van der Waals surface area contributed by atoms with E-state index in [9.17, 15) is 0 Å². The van der Waals surface area contributed by atoms with Crippen LogP contribution in [0.15, 0.2) is 60.7 Å². The highest BCUT2D eigenvalue weighted by Crippen LogP contribution is 2.29. The molecule has 0 saturated heterocycles. The first-order valence-electron chi connectivity index (χ1n) is 9.12. The van der Waals surface area contributed by atoms with E-state index in [1.54, 1.807) is 7.11 Å². The van der Waals surface area contributed by atoms with E-state index < -0.39 is 0 Å². The highest BCUT2D eigenvalue weighted by atomic mass is 16.5. The first kappa shape index (κ1) is 18.3. The zero-order chi connectivity index (χ0) is 18.5. The molecule has 0 aliphatic rings. The third-order valence-electron chi connectivity index (χ3n) is 4.48. The van der Waals surface area contributed by atoms with Crippen LogP contribution in [0.2, 0.25) is 0 Å². The summed E-state index contributed by atoms with van der Waals surface area (Å²) in [7, 11) is 1.68. The SMILES string of the molecule is COc1cc(CNC(C)c2ccc3ccccc3c2)ccc1OC(C)C. The highest BCUT2D eigenvalue weighted by molar-refractivity contribution is 5.83. The minimum absolute atomic E-state index is 0.126. The van der Waals surface area contributed by atoms with E-state index in [0.29, 0.717) is 0 Å². The molecule has 3 aromatic rings. The maximum atomic E-state index is 5.78. The Hall–Kier alpha value is -2.52. The normalized spacial score (nSPS) is 12.3. The molecule has 1 unspecified atom stereocenters. The Labute approximate surface area is 156 Å². The summed E-state index contributed by atoms with van der Waals surface area (Å²) < 4.78 is 11.3. The van der Waals surface area contributed by atoms with E-state index in [4.69, 9.17) is 9.47 Å². The lowest BCUT2D eigenvalue weighted by Gasteiger charge is -2.17.